The monoisotopic (exact) mass is 409 g/mol. The molecule has 0 radical (unpaired) electrons. The minimum Gasteiger partial charge on any atom is -0.481 e. The number of carbonyl (C=O) groups is 1. The lowest BCUT2D eigenvalue weighted by atomic mass is 9.94. The van der Waals surface area contributed by atoms with Gasteiger partial charge in [-0.25, -0.2) is 0 Å². The molecule has 4 aromatic rings. The number of rotatable bonds is 7. The Hall–Kier alpha value is -3.59. The minimum atomic E-state index is -0.573. The molecule has 1 N–H and O–H groups in total. The maximum absolute atomic E-state index is 13.3. The molecule has 3 nitrogen and oxygen atoms in total. The number of fused-ring (bicyclic) bond motifs is 1. The van der Waals surface area contributed by atoms with Gasteiger partial charge in [0.05, 0.1) is 6.04 Å². The van der Waals surface area contributed by atoms with Crippen molar-refractivity contribution < 1.29 is 9.53 Å². The lowest BCUT2D eigenvalue weighted by molar-refractivity contribution is -0.128. The number of carbonyl (C=O) groups excluding carboxylic acids is 1. The van der Waals surface area contributed by atoms with Crippen LogP contribution in [0.1, 0.15) is 36.1 Å². The molecule has 0 bridgehead atoms. The van der Waals surface area contributed by atoms with E-state index < -0.39 is 6.10 Å². The zero-order valence-electron chi connectivity index (χ0n) is 17.9. The topological polar surface area (TPSA) is 38.3 Å². The van der Waals surface area contributed by atoms with E-state index in [9.17, 15) is 4.79 Å². The van der Waals surface area contributed by atoms with E-state index in [0.29, 0.717) is 12.2 Å². The van der Waals surface area contributed by atoms with Crippen LogP contribution in [-0.2, 0) is 4.79 Å². The molecule has 0 aliphatic rings. The Bertz CT molecular complexity index is 1170. The smallest absolute Gasteiger partial charge is 0.261 e. The molecule has 156 valence electrons. The summed E-state index contributed by atoms with van der Waals surface area (Å²) >= 11 is 0. The van der Waals surface area contributed by atoms with Crippen LogP contribution in [0.5, 0.6) is 5.75 Å². The fourth-order valence-corrected chi connectivity index (χ4v) is 3.86. The first kappa shape index (κ1) is 20.7. The molecule has 4 aromatic carbocycles. The van der Waals surface area contributed by atoms with Crippen LogP contribution in [0.25, 0.3) is 10.8 Å². The molecule has 1 amide bonds. The molecule has 2 atom stereocenters. The van der Waals surface area contributed by atoms with E-state index >= 15 is 0 Å². The van der Waals surface area contributed by atoms with E-state index in [-0.39, 0.29) is 11.9 Å². The average molecular weight is 410 g/mol. The Morgan fingerprint density at radius 2 is 1.52 bits per heavy atom. The third-order valence-electron chi connectivity index (χ3n) is 5.58. The van der Waals surface area contributed by atoms with E-state index in [2.05, 4.69) is 30.4 Å². The highest BCUT2D eigenvalue weighted by Crippen LogP contribution is 2.26. The molecule has 0 spiro atoms. The van der Waals surface area contributed by atoms with Crippen LogP contribution in [0.2, 0.25) is 0 Å². The van der Waals surface area contributed by atoms with Crippen molar-refractivity contribution in [3.8, 4) is 5.75 Å². The summed E-state index contributed by atoms with van der Waals surface area (Å²) in [5.74, 6) is 0.584. The van der Waals surface area contributed by atoms with Crippen LogP contribution >= 0.6 is 0 Å². The predicted molar refractivity (Wildman–Crippen MR) is 126 cm³/mol. The predicted octanol–water partition coefficient (Wildman–Crippen LogP) is 6.21. The number of hydrogen-bond acceptors (Lipinski definition) is 2. The van der Waals surface area contributed by atoms with Crippen molar-refractivity contribution in [2.24, 2.45) is 0 Å². The standard InChI is InChI=1S/C28H27NO2/c1-3-26(31-24-18-17-21-12-8-9-15-23(21)19-24)28(30)29-27(22-13-5-4-6-14-22)25-16-10-7-11-20(25)2/h4-19,26-27H,3H2,1-2H3,(H,29,30)/t26-,27+/m0/s1. The van der Waals surface area contributed by atoms with Crippen molar-refractivity contribution in [3.05, 3.63) is 114 Å². The third kappa shape index (κ3) is 4.77. The number of hydrogen-bond donors (Lipinski definition) is 1. The summed E-state index contributed by atoms with van der Waals surface area (Å²) in [6, 6.07) is 32.1. The molecule has 3 heteroatoms. The molecule has 0 fully saturated rings. The Kier molecular flexibility index (Phi) is 6.32. The summed E-state index contributed by atoms with van der Waals surface area (Å²) in [5, 5.41) is 5.48. The lowest BCUT2D eigenvalue weighted by Crippen LogP contribution is -2.40. The average Bonchev–Trinajstić information content (AvgIpc) is 2.82. The number of aryl methyl sites for hydroxylation is 1. The number of ether oxygens (including phenoxy) is 1. The van der Waals surface area contributed by atoms with Crippen molar-refractivity contribution in [1.29, 1.82) is 0 Å². The summed E-state index contributed by atoms with van der Waals surface area (Å²) in [6.45, 7) is 4.04. The highest BCUT2D eigenvalue weighted by atomic mass is 16.5. The maximum atomic E-state index is 13.3. The molecular weight excluding hydrogens is 382 g/mol. The molecule has 31 heavy (non-hydrogen) atoms. The van der Waals surface area contributed by atoms with Crippen molar-refractivity contribution >= 4 is 16.7 Å². The maximum Gasteiger partial charge on any atom is 0.261 e. The van der Waals surface area contributed by atoms with E-state index in [1.165, 1.54) is 0 Å². The van der Waals surface area contributed by atoms with Gasteiger partial charge in [-0.1, -0.05) is 91.9 Å². The fraction of sp³-hybridized carbons (Fsp3) is 0.179. The second-order valence-electron chi connectivity index (χ2n) is 7.73. The van der Waals surface area contributed by atoms with E-state index in [1.54, 1.807) is 0 Å². The van der Waals surface area contributed by atoms with Gasteiger partial charge in [-0.15, -0.1) is 0 Å². The second kappa shape index (κ2) is 9.48. The summed E-state index contributed by atoms with van der Waals surface area (Å²) in [4.78, 5) is 13.3. The zero-order valence-corrected chi connectivity index (χ0v) is 17.9. The molecule has 0 saturated carbocycles. The van der Waals surface area contributed by atoms with Crippen molar-refractivity contribution in [2.75, 3.05) is 0 Å². The Morgan fingerprint density at radius 1 is 0.839 bits per heavy atom. The van der Waals surface area contributed by atoms with Gasteiger partial charge < -0.3 is 10.1 Å². The molecule has 0 aromatic heterocycles. The van der Waals surface area contributed by atoms with Crippen molar-refractivity contribution in [1.82, 2.24) is 5.32 Å². The Balaban J connectivity index is 1.58. The first-order valence-corrected chi connectivity index (χ1v) is 10.7. The molecular formula is C28H27NO2. The summed E-state index contributed by atoms with van der Waals surface area (Å²) in [6.07, 6.45) is 0.00454. The van der Waals surface area contributed by atoms with Crippen LogP contribution in [0, 0.1) is 6.92 Å². The van der Waals surface area contributed by atoms with E-state index in [0.717, 1.165) is 27.5 Å². The largest absolute Gasteiger partial charge is 0.481 e. The number of amides is 1. The van der Waals surface area contributed by atoms with Gasteiger partial charge in [0.2, 0.25) is 0 Å². The van der Waals surface area contributed by atoms with Crippen LogP contribution < -0.4 is 10.1 Å². The number of benzene rings is 4. The Labute approximate surface area is 183 Å². The second-order valence-corrected chi connectivity index (χ2v) is 7.73. The van der Waals surface area contributed by atoms with Gasteiger partial charge in [-0.3, -0.25) is 4.79 Å². The Morgan fingerprint density at radius 3 is 2.26 bits per heavy atom. The van der Waals surface area contributed by atoms with Crippen molar-refractivity contribution in [2.45, 2.75) is 32.4 Å². The third-order valence-corrected chi connectivity index (χ3v) is 5.58. The molecule has 0 heterocycles. The fourth-order valence-electron chi connectivity index (χ4n) is 3.86. The normalized spacial score (nSPS) is 12.8. The summed E-state index contributed by atoms with van der Waals surface area (Å²) in [5.41, 5.74) is 3.27. The number of nitrogens with one attached hydrogen (secondary N) is 1. The van der Waals surface area contributed by atoms with Gasteiger partial charge in [-0.2, -0.15) is 0 Å². The quantitative estimate of drug-likeness (QED) is 0.394. The van der Waals surface area contributed by atoms with E-state index in [4.69, 9.17) is 4.74 Å². The zero-order chi connectivity index (χ0) is 21.6. The summed E-state index contributed by atoms with van der Waals surface area (Å²) < 4.78 is 6.12. The first-order chi connectivity index (χ1) is 15.2. The SMILES string of the molecule is CC[C@H](Oc1ccc2ccccc2c1)C(=O)N[C@H](c1ccccc1)c1ccccc1C. The summed E-state index contributed by atoms with van der Waals surface area (Å²) in [7, 11) is 0. The molecule has 0 unspecified atom stereocenters. The van der Waals surface area contributed by atoms with Crippen molar-refractivity contribution in [3.63, 3.8) is 0 Å². The molecule has 0 saturated heterocycles. The highest BCUT2D eigenvalue weighted by Gasteiger charge is 2.24. The van der Waals surface area contributed by atoms with Gasteiger partial charge in [0.1, 0.15) is 5.75 Å². The van der Waals surface area contributed by atoms with Crippen LogP contribution in [-0.4, -0.2) is 12.0 Å². The van der Waals surface area contributed by atoms with Gasteiger partial charge >= 0.3 is 0 Å². The van der Waals surface area contributed by atoms with Gasteiger partial charge in [-0.05, 0) is 52.9 Å². The highest BCUT2D eigenvalue weighted by molar-refractivity contribution is 5.85. The first-order valence-electron chi connectivity index (χ1n) is 10.7. The van der Waals surface area contributed by atoms with Crippen LogP contribution in [0.15, 0.2) is 97.1 Å². The van der Waals surface area contributed by atoms with Gasteiger partial charge in [0.15, 0.2) is 6.10 Å². The van der Waals surface area contributed by atoms with Gasteiger partial charge in [0, 0.05) is 0 Å². The molecule has 0 aliphatic heterocycles. The lowest BCUT2D eigenvalue weighted by Gasteiger charge is -2.25. The molecule has 4 rings (SSSR count). The van der Waals surface area contributed by atoms with Gasteiger partial charge in [0.25, 0.3) is 5.91 Å². The van der Waals surface area contributed by atoms with Crippen LogP contribution in [0.3, 0.4) is 0 Å². The van der Waals surface area contributed by atoms with Crippen LogP contribution in [0.4, 0.5) is 0 Å². The minimum absolute atomic E-state index is 0.118. The molecule has 0 aliphatic carbocycles. The van der Waals surface area contributed by atoms with E-state index in [1.807, 2.05) is 85.8 Å².